The van der Waals surface area contributed by atoms with Gasteiger partial charge < -0.3 is 11.1 Å². The van der Waals surface area contributed by atoms with Gasteiger partial charge in [0, 0.05) is 17.4 Å². The summed E-state index contributed by atoms with van der Waals surface area (Å²) in [6.07, 6.45) is 4.38. The van der Waals surface area contributed by atoms with Crippen LogP contribution in [0.25, 0.3) is 0 Å². The van der Waals surface area contributed by atoms with Crippen LogP contribution in [0.15, 0.2) is 18.2 Å². The number of benzene rings is 1. The average Bonchev–Trinajstić information content (AvgIpc) is 2.90. The Morgan fingerprint density at radius 1 is 1.38 bits per heavy atom. The van der Waals surface area contributed by atoms with Gasteiger partial charge in [0.25, 0.3) is 0 Å². The van der Waals surface area contributed by atoms with Crippen molar-refractivity contribution in [2.45, 2.75) is 52.5 Å². The van der Waals surface area contributed by atoms with Gasteiger partial charge in [-0.05, 0) is 59.8 Å². The van der Waals surface area contributed by atoms with Crippen molar-refractivity contribution < 1.29 is 0 Å². The summed E-state index contributed by atoms with van der Waals surface area (Å²) in [6, 6.07) is 8.68. The van der Waals surface area contributed by atoms with E-state index in [2.05, 4.69) is 32.2 Å². The minimum Gasteiger partial charge on any atom is -0.398 e. The monoisotopic (exact) mass is 283 g/mol. The minimum atomic E-state index is 0.323. The Balaban J connectivity index is 1.87. The van der Waals surface area contributed by atoms with Crippen LogP contribution in [0.4, 0.5) is 11.4 Å². The summed E-state index contributed by atoms with van der Waals surface area (Å²) in [5.74, 6) is 0.826. The van der Waals surface area contributed by atoms with Crippen LogP contribution >= 0.6 is 0 Å². The summed E-state index contributed by atoms with van der Waals surface area (Å²) in [5.41, 5.74) is 9.39. The van der Waals surface area contributed by atoms with E-state index in [1.165, 1.54) is 19.3 Å². The standard InChI is InChI=1S/C18H25N3/c1-17(2)13-6-8-18(3,11-13)16(17)21-14-4-5-15(20)12(10-14)7-9-19/h4-5,10,13,16,21H,6-8,11,20H2,1-3H3. The Hall–Kier alpha value is -1.69. The molecule has 0 aliphatic heterocycles. The second-order valence-electron chi connectivity index (χ2n) is 7.74. The topological polar surface area (TPSA) is 61.8 Å². The lowest BCUT2D eigenvalue weighted by Crippen LogP contribution is -2.45. The van der Waals surface area contributed by atoms with Gasteiger partial charge >= 0.3 is 0 Å². The average molecular weight is 283 g/mol. The maximum absolute atomic E-state index is 8.90. The highest BCUT2D eigenvalue weighted by molar-refractivity contribution is 5.58. The van der Waals surface area contributed by atoms with Crippen LogP contribution < -0.4 is 11.1 Å². The summed E-state index contributed by atoms with van der Waals surface area (Å²) in [4.78, 5) is 0. The molecule has 3 nitrogen and oxygen atoms in total. The molecule has 0 aromatic heterocycles. The molecule has 0 saturated heterocycles. The number of anilines is 2. The number of nitriles is 1. The Labute approximate surface area is 127 Å². The van der Waals surface area contributed by atoms with Crippen molar-refractivity contribution in [2.75, 3.05) is 11.1 Å². The van der Waals surface area contributed by atoms with E-state index >= 15 is 0 Å². The number of fused-ring (bicyclic) bond motifs is 2. The van der Waals surface area contributed by atoms with Crippen molar-refractivity contribution in [1.29, 1.82) is 5.26 Å². The summed E-state index contributed by atoms with van der Waals surface area (Å²) in [6.45, 7) is 7.22. The summed E-state index contributed by atoms with van der Waals surface area (Å²) < 4.78 is 0. The quantitative estimate of drug-likeness (QED) is 0.825. The van der Waals surface area contributed by atoms with Gasteiger partial charge in [0.1, 0.15) is 0 Å². The van der Waals surface area contributed by atoms with Gasteiger partial charge in [-0.2, -0.15) is 5.26 Å². The fourth-order valence-electron chi connectivity index (χ4n) is 4.76. The second-order valence-corrected chi connectivity index (χ2v) is 7.74. The molecule has 0 spiro atoms. The van der Waals surface area contributed by atoms with Crippen LogP contribution in [0.1, 0.15) is 45.6 Å². The van der Waals surface area contributed by atoms with Gasteiger partial charge in [0.2, 0.25) is 0 Å². The Morgan fingerprint density at radius 2 is 2.14 bits per heavy atom. The number of rotatable bonds is 3. The highest BCUT2D eigenvalue weighted by Crippen LogP contribution is 2.63. The van der Waals surface area contributed by atoms with E-state index in [1.54, 1.807) is 0 Å². The lowest BCUT2D eigenvalue weighted by atomic mass is 9.68. The van der Waals surface area contributed by atoms with E-state index in [-0.39, 0.29) is 0 Å². The van der Waals surface area contributed by atoms with Crippen molar-refractivity contribution in [3.05, 3.63) is 23.8 Å². The second kappa shape index (κ2) is 4.66. The molecule has 2 aliphatic rings. The predicted octanol–water partition coefficient (Wildman–Crippen LogP) is 3.96. The summed E-state index contributed by atoms with van der Waals surface area (Å²) in [5, 5.41) is 12.7. The molecule has 1 aromatic carbocycles. The zero-order chi connectivity index (χ0) is 15.3. The molecule has 3 N–H and O–H groups in total. The number of nitrogen functional groups attached to an aromatic ring is 1. The number of hydrogen-bond donors (Lipinski definition) is 2. The summed E-state index contributed by atoms with van der Waals surface area (Å²) in [7, 11) is 0. The third-order valence-electron chi connectivity index (χ3n) is 5.99. The molecule has 0 radical (unpaired) electrons. The van der Waals surface area contributed by atoms with Crippen molar-refractivity contribution in [3.63, 3.8) is 0 Å². The van der Waals surface area contributed by atoms with Crippen molar-refractivity contribution in [3.8, 4) is 6.07 Å². The van der Waals surface area contributed by atoms with Gasteiger partial charge in [-0.1, -0.05) is 20.8 Å². The third-order valence-corrected chi connectivity index (χ3v) is 5.99. The number of nitrogens with one attached hydrogen (secondary N) is 1. The van der Waals surface area contributed by atoms with Crippen molar-refractivity contribution >= 4 is 11.4 Å². The molecule has 2 fully saturated rings. The van der Waals surface area contributed by atoms with Gasteiger partial charge in [-0.25, -0.2) is 0 Å². The first kappa shape index (κ1) is 14.3. The summed E-state index contributed by atoms with van der Waals surface area (Å²) >= 11 is 0. The Morgan fingerprint density at radius 3 is 2.76 bits per heavy atom. The highest BCUT2D eigenvalue weighted by Gasteiger charge is 2.59. The van der Waals surface area contributed by atoms with E-state index < -0.39 is 0 Å². The molecule has 112 valence electrons. The molecule has 0 heterocycles. The lowest BCUT2D eigenvalue weighted by molar-refractivity contribution is 0.155. The van der Waals surface area contributed by atoms with Crippen LogP contribution in [0.2, 0.25) is 0 Å². The van der Waals surface area contributed by atoms with Gasteiger partial charge in [0.15, 0.2) is 0 Å². The zero-order valence-corrected chi connectivity index (χ0v) is 13.2. The van der Waals surface area contributed by atoms with Gasteiger partial charge in [0.05, 0.1) is 12.5 Å². The highest BCUT2D eigenvalue weighted by atomic mass is 15.0. The Bertz CT molecular complexity index is 594. The normalized spacial score (nSPS) is 32.9. The molecule has 2 saturated carbocycles. The van der Waals surface area contributed by atoms with Crippen LogP contribution in [0.5, 0.6) is 0 Å². The zero-order valence-electron chi connectivity index (χ0n) is 13.2. The van der Waals surface area contributed by atoms with Crippen LogP contribution in [-0.4, -0.2) is 6.04 Å². The van der Waals surface area contributed by atoms with Crippen LogP contribution in [0.3, 0.4) is 0 Å². The predicted molar refractivity (Wildman–Crippen MR) is 86.8 cm³/mol. The molecule has 3 rings (SSSR count). The van der Waals surface area contributed by atoms with Crippen LogP contribution in [0, 0.1) is 28.1 Å². The van der Waals surface area contributed by atoms with Gasteiger partial charge in [-0.3, -0.25) is 0 Å². The largest absolute Gasteiger partial charge is 0.398 e. The smallest absolute Gasteiger partial charge is 0.0670 e. The first-order chi connectivity index (χ1) is 9.87. The van der Waals surface area contributed by atoms with E-state index in [4.69, 9.17) is 11.0 Å². The van der Waals surface area contributed by atoms with E-state index in [1.807, 2.05) is 18.2 Å². The molecule has 2 bridgehead atoms. The number of nitrogens with zero attached hydrogens (tertiary/aromatic N) is 1. The molecule has 21 heavy (non-hydrogen) atoms. The number of nitrogens with two attached hydrogens (primary N) is 1. The molecule has 3 heteroatoms. The van der Waals surface area contributed by atoms with E-state index in [0.29, 0.717) is 29.0 Å². The third kappa shape index (κ3) is 2.18. The molecule has 0 amide bonds. The molecular formula is C18H25N3. The molecule has 1 aromatic rings. The first-order valence-corrected chi connectivity index (χ1v) is 7.89. The van der Waals surface area contributed by atoms with E-state index in [9.17, 15) is 0 Å². The number of hydrogen-bond acceptors (Lipinski definition) is 3. The minimum absolute atomic E-state index is 0.323. The fourth-order valence-corrected chi connectivity index (χ4v) is 4.76. The van der Waals surface area contributed by atoms with Crippen LogP contribution in [-0.2, 0) is 6.42 Å². The molecule has 3 unspecified atom stereocenters. The van der Waals surface area contributed by atoms with E-state index in [0.717, 1.165) is 17.2 Å². The van der Waals surface area contributed by atoms with Crippen molar-refractivity contribution in [1.82, 2.24) is 0 Å². The molecule has 2 aliphatic carbocycles. The van der Waals surface area contributed by atoms with Crippen molar-refractivity contribution in [2.24, 2.45) is 16.7 Å². The first-order valence-electron chi connectivity index (χ1n) is 7.89. The fraction of sp³-hybridized carbons (Fsp3) is 0.611. The Kier molecular flexibility index (Phi) is 3.16. The lowest BCUT2D eigenvalue weighted by Gasteiger charge is -2.43. The maximum Gasteiger partial charge on any atom is 0.0670 e. The van der Waals surface area contributed by atoms with Gasteiger partial charge in [-0.15, -0.1) is 0 Å². The molecule has 3 atom stereocenters. The SMILES string of the molecule is CC12CCC(C1)C(C)(C)C2Nc1ccc(N)c(CC#N)c1. The maximum atomic E-state index is 8.90. The molecular weight excluding hydrogens is 258 g/mol.